The van der Waals surface area contributed by atoms with E-state index in [1.165, 1.54) is 11.1 Å². The molecule has 1 aliphatic rings. The highest BCUT2D eigenvalue weighted by Gasteiger charge is 2.31. The van der Waals surface area contributed by atoms with Crippen molar-refractivity contribution in [1.29, 1.82) is 0 Å². The van der Waals surface area contributed by atoms with Gasteiger partial charge in [0.2, 0.25) is 5.91 Å². The van der Waals surface area contributed by atoms with Crippen molar-refractivity contribution in [1.82, 2.24) is 19.9 Å². The summed E-state index contributed by atoms with van der Waals surface area (Å²) < 4.78 is 4.80. The Morgan fingerprint density at radius 2 is 1.85 bits per heavy atom. The summed E-state index contributed by atoms with van der Waals surface area (Å²) in [5, 5.41) is 6.85. The SMILES string of the molecule is Cc1nc(Nc2ncc(C(=O)Nc3c(C)cccc3Cl)s2)cc(N2CCN(C(=O)[C@H](CC(N)=O)OC(N)=O)CC2)n1. The van der Waals surface area contributed by atoms with Crippen LogP contribution in [0.1, 0.15) is 27.5 Å². The molecule has 0 bridgehead atoms. The second kappa shape index (κ2) is 12.8. The molecule has 4 amide bonds. The summed E-state index contributed by atoms with van der Waals surface area (Å²) in [6.07, 6.45) is -1.52. The lowest BCUT2D eigenvalue weighted by molar-refractivity contribution is -0.143. The standard InChI is InChI=1S/C25H28ClN9O5S/c1-13-4-3-5-15(26)21(13)33-22(37)17-12-29-25(41-17)32-19-11-20(31-14(2)30-19)34-6-8-35(9-7-34)23(38)16(10-18(27)36)40-24(28)39/h3-5,11-12,16H,6-10H2,1-2H3,(H2,27,36)(H2,28,39)(H,33,37)(H,29,30,31,32)/t16-/m0/s1. The fourth-order valence-electron chi connectivity index (χ4n) is 4.15. The molecule has 4 rings (SSSR count). The molecule has 0 saturated carbocycles. The van der Waals surface area contributed by atoms with Crippen LogP contribution in [-0.4, -0.2) is 75.9 Å². The third-order valence-corrected chi connectivity index (χ3v) is 7.31. The minimum absolute atomic E-state index is 0.290. The Labute approximate surface area is 244 Å². The predicted molar refractivity (Wildman–Crippen MR) is 153 cm³/mol. The van der Waals surface area contributed by atoms with E-state index in [1.807, 2.05) is 24.0 Å². The number of para-hydroxylation sites is 1. The highest BCUT2D eigenvalue weighted by molar-refractivity contribution is 7.17. The van der Waals surface area contributed by atoms with Crippen molar-refractivity contribution in [2.45, 2.75) is 26.4 Å². The first-order chi connectivity index (χ1) is 19.5. The number of thiazole rings is 1. The Morgan fingerprint density at radius 3 is 2.51 bits per heavy atom. The number of amides is 4. The van der Waals surface area contributed by atoms with Crippen LogP contribution >= 0.6 is 22.9 Å². The maximum atomic E-state index is 12.8. The monoisotopic (exact) mass is 601 g/mol. The van der Waals surface area contributed by atoms with Gasteiger partial charge in [0.05, 0.1) is 23.3 Å². The summed E-state index contributed by atoms with van der Waals surface area (Å²) in [4.78, 5) is 65.1. The first-order valence-corrected chi connectivity index (χ1v) is 13.6. The molecule has 1 saturated heterocycles. The molecule has 0 spiro atoms. The van der Waals surface area contributed by atoms with Crippen molar-refractivity contribution in [3.63, 3.8) is 0 Å². The van der Waals surface area contributed by atoms with E-state index in [2.05, 4.69) is 25.6 Å². The fraction of sp³-hybridized carbons (Fsp3) is 0.320. The zero-order valence-corrected chi connectivity index (χ0v) is 23.8. The topological polar surface area (TPSA) is 199 Å². The number of aromatic nitrogens is 3. The zero-order valence-electron chi connectivity index (χ0n) is 22.2. The Hall–Kier alpha value is -4.50. The highest BCUT2D eigenvalue weighted by Crippen LogP contribution is 2.28. The summed E-state index contributed by atoms with van der Waals surface area (Å²) in [6, 6.07) is 7.11. The van der Waals surface area contributed by atoms with Gasteiger partial charge in [-0.25, -0.2) is 19.7 Å². The van der Waals surface area contributed by atoms with Gasteiger partial charge >= 0.3 is 6.09 Å². The van der Waals surface area contributed by atoms with E-state index in [9.17, 15) is 19.2 Å². The molecule has 2 aromatic heterocycles. The number of ether oxygens (including phenoxy) is 1. The maximum absolute atomic E-state index is 12.8. The van der Waals surface area contributed by atoms with Crippen molar-refractivity contribution >= 4 is 69.2 Å². The van der Waals surface area contributed by atoms with Crippen LogP contribution in [-0.2, 0) is 14.3 Å². The summed E-state index contributed by atoms with van der Waals surface area (Å²) in [6.45, 7) is 5.02. The first kappa shape index (κ1) is 29.5. The first-order valence-electron chi connectivity index (χ1n) is 12.4. The average Bonchev–Trinajstić information content (AvgIpc) is 3.38. The summed E-state index contributed by atoms with van der Waals surface area (Å²) in [5.74, 6) is -0.0645. The quantitative estimate of drug-likeness (QED) is 0.282. The normalized spacial score (nSPS) is 13.8. The molecule has 41 heavy (non-hydrogen) atoms. The van der Waals surface area contributed by atoms with Gasteiger partial charge in [0.15, 0.2) is 11.2 Å². The molecule has 16 heteroatoms. The number of hydrogen-bond donors (Lipinski definition) is 4. The molecule has 1 aromatic carbocycles. The van der Waals surface area contributed by atoms with Crippen LogP contribution in [0.25, 0.3) is 0 Å². The van der Waals surface area contributed by atoms with Gasteiger partial charge in [-0.3, -0.25) is 14.4 Å². The second-order valence-electron chi connectivity index (χ2n) is 9.11. The van der Waals surface area contributed by atoms with Crippen molar-refractivity contribution < 1.29 is 23.9 Å². The molecular formula is C25H28ClN9O5S. The lowest BCUT2D eigenvalue weighted by Gasteiger charge is -2.36. The van der Waals surface area contributed by atoms with Gasteiger partial charge < -0.3 is 36.6 Å². The van der Waals surface area contributed by atoms with Crippen molar-refractivity contribution in [2.24, 2.45) is 11.5 Å². The number of carbonyl (C=O) groups is 4. The maximum Gasteiger partial charge on any atom is 0.405 e. The number of piperazine rings is 1. The molecule has 216 valence electrons. The number of aryl methyl sites for hydroxylation is 2. The van der Waals surface area contributed by atoms with Gasteiger partial charge in [-0.1, -0.05) is 35.1 Å². The van der Waals surface area contributed by atoms with Crippen LogP contribution in [0.4, 0.5) is 27.2 Å². The molecule has 14 nitrogen and oxygen atoms in total. The van der Waals surface area contributed by atoms with E-state index in [1.54, 1.807) is 19.1 Å². The van der Waals surface area contributed by atoms with Crippen LogP contribution in [0, 0.1) is 13.8 Å². The third-order valence-electron chi connectivity index (χ3n) is 6.09. The summed E-state index contributed by atoms with van der Waals surface area (Å²) >= 11 is 7.38. The Bertz CT molecular complexity index is 1440. The van der Waals surface area contributed by atoms with E-state index in [0.29, 0.717) is 51.3 Å². The number of anilines is 4. The molecule has 6 N–H and O–H groups in total. The number of primary amides is 2. The fourth-order valence-corrected chi connectivity index (χ4v) is 5.14. The smallest absolute Gasteiger partial charge is 0.405 e. The summed E-state index contributed by atoms with van der Waals surface area (Å²) in [5.41, 5.74) is 11.6. The molecule has 0 unspecified atom stereocenters. The lowest BCUT2D eigenvalue weighted by Crippen LogP contribution is -2.53. The van der Waals surface area contributed by atoms with Gasteiger partial charge in [0.1, 0.15) is 22.3 Å². The van der Waals surface area contributed by atoms with Crippen LogP contribution in [0.5, 0.6) is 0 Å². The number of nitrogens with two attached hydrogens (primary N) is 2. The van der Waals surface area contributed by atoms with Gasteiger partial charge in [0, 0.05) is 32.2 Å². The van der Waals surface area contributed by atoms with Crippen molar-refractivity contribution in [2.75, 3.05) is 41.7 Å². The van der Waals surface area contributed by atoms with Crippen molar-refractivity contribution in [3.05, 3.63) is 51.7 Å². The van der Waals surface area contributed by atoms with Crippen LogP contribution < -0.4 is 27.0 Å². The molecule has 3 aromatic rings. The third kappa shape index (κ3) is 7.58. The number of nitrogens with one attached hydrogen (secondary N) is 2. The van der Waals surface area contributed by atoms with Crippen LogP contribution in [0.15, 0.2) is 30.5 Å². The molecular weight excluding hydrogens is 574 g/mol. The van der Waals surface area contributed by atoms with Crippen LogP contribution in [0.2, 0.25) is 5.02 Å². The van der Waals surface area contributed by atoms with Crippen molar-refractivity contribution in [3.8, 4) is 0 Å². The Kier molecular flexibility index (Phi) is 9.19. The highest BCUT2D eigenvalue weighted by atomic mass is 35.5. The minimum atomic E-state index is -1.37. The second-order valence-corrected chi connectivity index (χ2v) is 10.5. The van der Waals surface area contributed by atoms with Crippen LogP contribution in [0.3, 0.4) is 0 Å². The number of hydrogen-bond acceptors (Lipinski definition) is 11. The molecule has 1 aliphatic heterocycles. The zero-order chi connectivity index (χ0) is 29.7. The number of halogens is 1. The average molecular weight is 602 g/mol. The minimum Gasteiger partial charge on any atom is -0.436 e. The molecule has 1 fully saturated rings. The number of carbonyl (C=O) groups excluding carboxylic acids is 4. The summed E-state index contributed by atoms with van der Waals surface area (Å²) in [7, 11) is 0. The van der Waals surface area contributed by atoms with E-state index in [4.69, 9.17) is 27.8 Å². The molecule has 0 radical (unpaired) electrons. The molecule has 1 atom stereocenters. The van der Waals surface area contributed by atoms with E-state index in [0.717, 1.165) is 16.9 Å². The van der Waals surface area contributed by atoms with Gasteiger partial charge in [0.25, 0.3) is 11.8 Å². The lowest BCUT2D eigenvalue weighted by atomic mass is 10.2. The Morgan fingerprint density at radius 1 is 1.12 bits per heavy atom. The van der Waals surface area contributed by atoms with Gasteiger partial charge in [-0.15, -0.1) is 0 Å². The van der Waals surface area contributed by atoms with E-state index in [-0.39, 0.29) is 19.0 Å². The Balaban J connectivity index is 1.39. The molecule has 3 heterocycles. The predicted octanol–water partition coefficient (Wildman–Crippen LogP) is 2.19. The van der Waals surface area contributed by atoms with Gasteiger partial charge in [-0.05, 0) is 25.5 Å². The van der Waals surface area contributed by atoms with E-state index < -0.39 is 30.4 Å². The number of benzene rings is 1. The molecule has 0 aliphatic carbocycles. The van der Waals surface area contributed by atoms with Gasteiger partial charge in [-0.2, -0.15) is 0 Å². The number of nitrogens with zero attached hydrogens (tertiary/aromatic N) is 5. The number of rotatable bonds is 9. The van der Waals surface area contributed by atoms with E-state index >= 15 is 0 Å². The largest absolute Gasteiger partial charge is 0.436 e.